The van der Waals surface area contributed by atoms with E-state index in [2.05, 4.69) is 4.99 Å². The number of non-ortho nitro benzene ring substituents is 1. The van der Waals surface area contributed by atoms with Gasteiger partial charge in [0.15, 0.2) is 4.80 Å². The monoisotopic (exact) mass is 621 g/mol. The number of furan rings is 1. The predicted octanol–water partition coefficient (Wildman–Crippen LogP) is 5.55. The molecule has 5 aromatic rings. The molecule has 0 saturated carbocycles. The van der Waals surface area contributed by atoms with Crippen LogP contribution in [-0.2, 0) is 16.1 Å². The molecule has 0 fully saturated rings. The van der Waals surface area contributed by atoms with Gasteiger partial charge in [0.1, 0.15) is 29.9 Å². The van der Waals surface area contributed by atoms with E-state index < -0.39 is 16.9 Å². The molecule has 0 saturated heterocycles. The number of hydrogen-bond acceptors (Lipinski definition) is 9. The highest BCUT2D eigenvalue weighted by atomic mass is 32.1. The van der Waals surface area contributed by atoms with Crippen molar-refractivity contribution >= 4 is 29.1 Å². The third-order valence-electron chi connectivity index (χ3n) is 7.16. The summed E-state index contributed by atoms with van der Waals surface area (Å²) in [4.78, 5) is 43.1. The second-order valence-electron chi connectivity index (χ2n) is 10.2. The lowest BCUT2D eigenvalue weighted by Gasteiger charge is -2.22. The summed E-state index contributed by atoms with van der Waals surface area (Å²) in [6.07, 6.45) is 1.76. The van der Waals surface area contributed by atoms with E-state index in [-0.39, 0.29) is 29.2 Å². The van der Waals surface area contributed by atoms with E-state index in [1.807, 2.05) is 54.6 Å². The highest BCUT2D eigenvalue weighted by Gasteiger charge is 2.35. The summed E-state index contributed by atoms with van der Waals surface area (Å²) < 4.78 is 19.3. The minimum atomic E-state index is -0.963. The summed E-state index contributed by atoms with van der Waals surface area (Å²) in [6.45, 7) is 3.92. The van der Waals surface area contributed by atoms with E-state index >= 15 is 0 Å². The zero-order chi connectivity index (χ0) is 31.5. The van der Waals surface area contributed by atoms with Gasteiger partial charge in [0.05, 0.1) is 27.3 Å². The van der Waals surface area contributed by atoms with Gasteiger partial charge in [-0.05, 0) is 55.3 Å². The van der Waals surface area contributed by atoms with Crippen LogP contribution in [0.3, 0.4) is 0 Å². The van der Waals surface area contributed by atoms with E-state index in [4.69, 9.17) is 13.9 Å². The maximum atomic E-state index is 14.0. The number of esters is 1. The van der Waals surface area contributed by atoms with Gasteiger partial charge in [-0.2, -0.15) is 0 Å². The van der Waals surface area contributed by atoms with Gasteiger partial charge in [-0.3, -0.25) is 19.5 Å². The molecule has 0 unspecified atom stereocenters. The molecule has 0 N–H and O–H groups in total. The highest BCUT2D eigenvalue weighted by Crippen LogP contribution is 2.35. The van der Waals surface area contributed by atoms with Gasteiger partial charge < -0.3 is 13.9 Å². The van der Waals surface area contributed by atoms with Crippen LogP contribution in [-0.4, -0.2) is 22.1 Å². The molecule has 2 aromatic heterocycles. The number of nitro benzene ring substituents is 1. The Morgan fingerprint density at radius 3 is 2.64 bits per heavy atom. The summed E-state index contributed by atoms with van der Waals surface area (Å²) in [7, 11) is 0. The molecule has 1 aliphatic heterocycles. The smallest absolute Gasteiger partial charge is 0.338 e. The third-order valence-corrected chi connectivity index (χ3v) is 8.14. The first-order valence-electron chi connectivity index (χ1n) is 14.1. The first-order chi connectivity index (χ1) is 21.8. The highest BCUT2D eigenvalue weighted by molar-refractivity contribution is 7.07. The molecule has 0 radical (unpaired) electrons. The number of hydrogen-bond donors (Lipinski definition) is 0. The van der Waals surface area contributed by atoms with E-state index in [0.717, 1.165) is 11.1 Å². The van der Waals surface area contributed by atoms with Crippen LogP contribution in [0.25, 0.3) is 17.4 Å². The molecule has 3 aromatic carbocycles. The number of ether oxygens (including phenoxy) is 2. The molecule has 45 heavy (non-hydrogen) atoms. The number of carbonyl (C=O) groups excluding carboxylic acids is 1. The Bertz CT molecular complexity index is 2130. The number of thiazole rings is 1. The van der Waals surface area contributed by atoms with Gasteiger partial charge in [-0.15, -0.1) is 0 Å². The van der Waals surface area contributed by atoms with Crippen molar-refractivity contribution in [3.63, 3.8) is 0 Å². The number of allylic oxidation sites excluding steroid dienone is 1. The van der Waals surface area contributed by atoms with Crippen LogP contribution in [0.1, 0.15) is 36.8 Å². The SMILES string of the molecule is CCOC(=O)C1=C(C)N=c2s/c(=C\c3cccc(OCc4ccccc4)c3)c(=O)n2[C@@H]1c1ccc(-c2cccc([N+](=O)[O-])c2)o1. The average molecular weight is 622 g/mol. The lowest BCUT2D eigenvalue weighted by atomic mass is 10.0. The normalized spacial score (nSPS) is 14.5. The molecular formula is C34H27N3O7S. The quantitative estimate of drug-likeness (QED) is 0.120. The molecule has 10 nitrogen and oxygen atoms in total. The molecule has 0 spiro atoms. The maximum Gasteiger partial charge on any atom is 0.338 e. The Morgan fingerprint density at radius 1 is 1.07 bits per heavy atom. The molecule has 1 atom stereocenters. The Labute approximate surface area is 261 Å². The van der Waals surface area contributed by atoms with Gasteiger partial charge in [0, 0.05) is 17.7 Å². The molecule has 0 aliphatic carbocycles. The first-order valence-corrected chi connectivity index (χ1v) is 14.9. The zero-order valence-corrected chi connectivity index (χ0v) is 25.2. The van der Waals surface area contributed by atoms with Gasteiger partial charge in [-0.25, -0.2) is 9.79 Å². The number of fused-ring (bicyclic) bond motifs is 1. The third kappa shape index (κ3) is 6.11. The van der Waals surface area contributed by atoms with Crippen LogP contribution >= 0.6 is 11.3 Å². The summed E-state index contributed by atoms with van der Waals surface area (Å²) in [5.41, 5.74) is 2.40. The van der Waals surface area contributed by atoms with Crippen molar-refractivity contribution in [3.8, 4) is 17.1 Å². The largest absolute Gasteiger partial charge is 0.489 e. The number of nitrogens with zero attached hydrogens (tertiary/aromatic N) is 3. The number of benzene rings is 3. The molecule has 0 bridgehead atoms. The molecule has 11 heteroatoms. The Morgan fingerprint density at radius 2 is 1.87 bits per heavy atom. The van der Waals surface area contributed by atoms with Crippen LogP contribution in [0.5, 0.6) is 5.75 Å². The molecular weight excluding hydrogens is 594 g/mol. The second kappa shape index (κ2) is 12.6. The van der Waals surface area contributed by atoms with Gasteiger partial charge in [-0.1, -0.05) is 65.9 Å². The van der Waals surface area contributed by atoms with Crippen LogP contribution in [0, 0.1) is 10.1 Å². The van der Waals surface area contributed by atoms with Crippen LogP contribution in [0.15, 0.2) is 116 Å². The van der Waals surface area contributed by atoms with Crippen molar-refractivity contribution in [2.45, 2.75) is 26.5 Å². The summed E-state index contributed by atoms with van der Waals surface area (Å²) in [5, 5.41) is 11.3. The second-order valence-corrected chi connectivity index (χ2v) is 11.2. The van der Waals surface area contributed by atoms with Gasteiger partial charge >= 0.3 is 5.97 Å². The van der Waals surface area contributed by atoms with E-state index in [1.165, 1.54) is 28.0 Å². The Kier molecular flexibility index (Phi) is 8.26. The summed E-state index contributed by atoms with van der Waals surface area (Å²) in [5.74, 6) is 0.677. The van der Waals surface area contributed by atoms with Crippen LogP contribution in [0.2, 0.25) is 0 Å². The number of nitro groups is 1. The number of carbonyl (C=O) groups is 1. The fourth-order valence-corrected chi connectivity index (χ4v) is 6.12. The fraction of sp³-hybridized carbons (Fsp3) is 0.147. The average Bonchev–Trinajstić information content (AvgIpc) is 3.65. The molecule has 1 aliphatic rings. The van der Waals surface area contributed by atoms with Crippen molar-refractivity contribution in [2.75, 3.05) is 6.61 Å². The molecule has 3 heterocycles. The van der Waals surface area contributed by atoms with Crippen LogP contribution in [0.4, 0.5) is 5.69 Å². The summed E-state index contributed by atoms with van der Waals surface area (Å²) >= 11 is 1.19. The first kappa shape index (κ1) is 29.5. The van der Waals surface area contributed by atoms with E-state index in [1.54, 1.807) is 44.2 Å². The van der Waals surface area contributed by atoms with Crippen molar-refractivity contribution < 1.29 is 23.6 Å². The van der Waals surface area contributed by atoms with Crippen LogP contribution < -0.4 is 19.6 Å². The molecule has 226 valence electrons. The summed E-state index contributed by atoms with van der Waals surface area (Å²) in [6, 6.07) is 25.6. The standard InChI is InChI=1S/C34H27N3O7S/c1-3-42-33(39)30-21(2)35-34-36(31(30)28-16-15-27(44-28)24-12-8-13-25(19-24)37(40)41)32(38)29(45-34)18-23-11-7-14-26(17-23)43-20-22-9-5-4-6-10-22/h4-19,31H,3,20H2,1-2H3/b29-18-/t31-/m1/s1. The fourth-order valence-electron chi connectivity index (χ4n) is 5.07. The lowest BCUT2D eigenvalue weighted by Crippen LogP contribution is -2.39. The minimum Gasteiger partial charge on any atom is -0.489 e. The minimum absolute atomic E-state index is 0.0871. The Balaban J connectivity index is 1.40. The van der Waals surface area contributed by atoms with Crippen molar-refractivity contribution in [3.05, 3.63) is 149 Å². The van der Waals surface area contributed by atoms with Crippen molar-refractivity contribution in [1.82, 2.24) is 4.57 Å². The predicted molar refractivity (Wildman–Crippen MR) is 168 cm³/mol. The number of aromatic nitrogens is 1. The molecule has 0 amide bonds. The lowest BCUT2D eigenvalue weighted by molar-refractivity contribution is -0.384. The molecule has 6 rings (SSSR count). The van der Waals surface area contributed by atoms with E-state index in [9.17, 15) is 19.7 Å². The van der Waals surface area contributed by atoms with Crippen molar-refractivity contribution in [1.29, 1.82) is 0 Å². The van der Waals surface area contributed by atoms with Crippen molar-refractivity contribution in [2.24, 2.45) is 4.99 Å². The zero-order valence-electron chi connectivity index (χ0n) is 24.3. The number of rotatable bonds is 9. The van der Waals surface area contributed by atoms with Gasteiger partial charge in [0.2, 0.25) is 0 Å². The maximum absolute atomic E-state index is 14.0. The topological polar surface area (TPSA) is 126 Å². The Hall–Kier alpha value is -5.55. The van der Waals surface area contributed by atoms with E-state index in [0.29, 0.717) is 38.7 Å². The van der Waals surface area contributed by atoms with Gasteiger partial charge in [0.25, 0.3) is 11.2 Å².